The van der Waals surface area contributed by atoms with Crippen molar-refractivity contribution in [1.82, 2.24) is 5.01 Å². The Morgan fingerprint density at radius 1 is 1.29 bits per heavy atom. The highest BCUT2D eigenvalue weighted by Gasteiger charge is 2.34. The number of ether oxygens (including phenoxy) is 1. The second kappa shape index (κ2) is 5.42. The van der Waals surface area contributed by atoms with Gasteiger partial charge in [-0.1, -0.05) is 29.3 Å². The molecule has 21 heavy (non-hydrogen) atoms. The molecule has 2 aromatic rings. The van der Waals surface area contributed by atoms with Crippen LogP contribution in [0.3, 0.4) is 0 Å². The lowest BCUT2D eigenvalue weighted by Gasteiger charge is -2.19. The zero-order valence-corrected chi connectivity index (χ0v) is 12.4. The number of amides is 1. The third-order valence-electron chi connectivity index (χ3n) is 2.93. The monoisotopic (exact) mass is 324 g/mol. The summed E-state index contributed by atoms with van der Waals surface area (Å²) in [6.45, 7) is 1.41. The first kappa shape index (κ1) is 14.0. The van der Waals surface area contributed by atoms with Gasteiger partial charge in [0.2, 0.25) is 12.1 Å². The molecule has 0 saturated carbocycles. The summed E-state index contributed by atoms with van der Waals surface area (Å²) >= 11 is 11.9. The van der Waals surface area contributed by atoms with Gasteiger partial charge < -0.3 is 9.15 Å². The van der Waals surface area contributed by atoms with Gasteiger partial charge in [0.25, 0.3) is 5.90 Å². The number of carbonyl (C=O) groups excluding carboxylic acids is 1. The van der Waals surface area contributed by atoms with Crippen molar-refractivity contribution >= 4 is 35.0 Å². The zero-order valence-electron chi connectivity index (χ0n) is 10.9. The number of hydrazone groups is 1. The van der Waals surface area contributed by atoms with Crippen LogP contribution in [0.4, 0.5) is 0 Å². The van der Waals surface area contributed by atoms with Gasteiger partial charge in [-0.2, -0.15) is 5.01 Å². The van der Waals surface area contributed by atoms with E-state index in [0.29, 0.717) is 21.4 Å². The predicted octanol–water partition coefficient (Wildman–Crippen LogP) is 3.83. The van der Waals surface area contributed by atoms with Crippen molar-refractivity contribution < 1.29 is 13.9 Å². The molecule has 0 N–H and O–H groups in total. The maximum absolute atomic E-state index is 11.7. The fraction of sp³-hybridized carbons (Fsp3) is 0.143. The van der Waals surface area contributed by atoms with Crippen molar-refractivity contribution in [1.29, 1.82) is 0 Å². The minimum Gasteiger partial charge on any atom is -0.459 e. The molecule has 7 heteroatoms. The van der Waals surface area contributed by atoms with Crippen molar-refractivity contribution in [3.05, 3.63) is 58.0 Å². The molecule has 2 heterocycles. The second-order valence-electron chi connectivity index (χ2n) is 4.39. The fourth-order valence-electron chi connectivity index (χ4n) is 1.95. The van der Waals surface area contributed by atoms with E-state index in [1.807, 2.05) is 0 Å². The van der Waals surface area contributed by atoms with E-state index in [-0.39, 0.29) is 11.8 Å². The summed E-state index contributed by atoms with van der Waals surface area (Å²) < 4.78 is 11.0. The van der Waals surface area contributed by atoms with Crippen LogP contribution in [0.15, 0.2) is 46.1 Å². The molecule has 0 saturated heterocycles. The lowest BCUT2D eigenvalue weighted by atomic mass is 10.2. The molecule has 0 aliphatic carbocycles. The van der Waals surface area contributed by atoms with Crippen LogP contribution >= 0.6 is 23.2 Å². The highest BCUT2D eigenvalue weighted by Crippen LogP contribution is 2.33. The molecule has 1 aliphatic heterocycles. The number of hydrogen-bond acceptors (Lipinski definition) is 4. The summed E-state index contributed by atoms with van der Waals surface area (Å²) in [5.74, 6) is 0.433. The first-order valence-electron chi connectivity index (χ1n) is 6.10. The Morgan fingerprint density at radius 3 is 2.71 bits per heavy atom. The van der Waals surface area contributed by atoms with E-state index in [9.17, 15) is 4.79 Å². The van der Waals surface area contributed by atoms with E-state index in [1.54, 1.807) is 30.3 Å². The van der Waals surface area contributed by atoms with Crippen LogP contribution in [-0.2, 0) is 9.53 Å². The molecule has 1 aliphatic rings. The quantitative estimate of drug-likeness (QED) is 0.843. The van der Waals surface area contributed by atoms with Crippen LogP contribution in [0, 0.1) is 0 Å². The summed E-state index contributed by atoms with van der Waals surface area (Å²) in [6.07, 6.45) is 0.809. The number of nitrogens with zero attached hydrogens (tertiary/aromatic N) is 2. The Balaban J connectivity index is 1.95. The van der Waals surface area contributed by atoms with Gasteiger partial charge in [0, 0.05) is 12.5 Å². The molecule has 1 aromatic carbocycles. The molecule has 0 spiro atoms. The lowest BCUT2D eigenvalue weighted by molar-refractivity contribution is -0.135. The molecule has 1 aromatic heterocycles. The third kappa shape index (κ3) is 2.62. The number of furan rings is 1. The third-order valence-corrected chi connectivity index (χ3v) is 3.67. The maximum atomic E-state index is 11.7. The average Bonchev–Trinajstić information content (AvgIpc) is 3.09. The molecule has 0 bridgehead atoms. The SMILES string of the molecule is CC(=O)N1N=C(c2ccco2)O[C@@H]1c1ccc(Cl)c(Cl)c1. The summed E-state index contributed by atoms with van der Waals surface area (Å²) in [5, 5.41) is 6.19. The molecule has 3 rings (SSSR count). The lowest BCUT2D eigenvalue weighted by Crippen LogP contribution is -2.25. The van der Waals surface area contributed by atoms with Gasteiger partial charge in [-0.3, -0.25) is 4.79 Å². The van der Waals surface area contributed by atoms with Crippen LogP contribution in [0.25, 0.3) is 0 Å². The number of carbonyl (C=O) groups is 1. The van der Waals surface area contributed by atoms with Crippen molar-refractivity contribution in [3.63, 3.8) is 0 Å². The molecule has 0 radical (unpaired) electrons. The molecule has 5 nitrogen and oxygen atoms in total. The molecule has 1 amide bonds. The smallest absolute Gasteiger partial charge is 0.277 e. The summed E-state index contributed by atoms with van der Waals surface area (Å²) in [6, 6.07) is 8.44. The van der Waals surface area contributed by atoms with Crippen LogP contribution in [-0.4, -0.2) is 16.8 Å². The predicted molar refractivity (Wildman–Crippen MR) is 78.1 cm³/mol. The van der Waals surface area contributed by atoms with Gasteiger partial charge in [-0.05, 0) is 24.3 Å². The van der Waals surface area contributed by atoms with E-state index in [4.69, 9.17) is 32.4 Å². The Bertz CT molecular complexity index is 713. The standard InChI is InChI=1S/C14H10Cl2N2O3/c1-8(19)18-14(9-4-5-10(15)11(16)7-9)21-13(17-18)12-3-2-6-20-12/h2-7,14H,1H3/t14-/m1/s1. The van der Waals surface area contributed by atoms with E-state index < -0.39 is 6.23 Å². The summed E-state index contributed by atoms with van der Waals surface area (Å²) in [5.41, 5.74) is 0.671. The van der Waals surface area contributed by atoms with Gasteiger partial charge in [0.05, 0.1) is 16.3 Å². The van der Waals surface area contributed by atoms with E-state index in [1.165, 1.54) is 18.2 Å². The first-order valence-corrected chi connectivity index (χ1v) is 6.86. The number of halogens is 2. The van der Waals surface area contributed by atoms with Crippen LogP contribution in [0.1, 0.15) is 24.5 Å². The largest absolute Gasteiger partial charge is 0.459 e. The number of hydrogen-bond donors (Lipinski definition) is 0. The van der Waals surface area contributed by atoms with E-state index >= 15 is 0 Å². The molecular weight excluding hydrogens is 315 g/mol. The van der Waals surface area contributed by atoms with E-state index in [0.717, 1.165) is 0 Å². The van der Waals surface area contributed by atoms with Gasteiger partial charge in [-0.15, -0.1) is 5.10 Å². The normalized spacial score (nSPS) is 17.6. The van der Waals surface area contributed by atoms with Crippen LogP contribution < -0.4 is 0 Å². The van der Waals surface area contributed by atoms with Gasteiger partial charge in [0.15, 0.2) is 5.76 Å². The minimum absolute atomic E-state index is 0.242. The molecular formula is C14H10Cl2N2O3. The minimum atomic E-state index is -0.697. The fourth-order valence-corrected chi connectivity index (χ4v) is 2.25. The van der Waals surface area contributed by atoms with Crippen molar-refractivity contribution in [3.8, 4) is 0 Å². The van der Waals surface area contributed by atoms with Gasteiger partial charge in [0.1, 0.15) is 0 Å². The number of benzene rings is 1. The maximum Gasteiger partial charge on any atom is 0.277 e. The van der Waals surface area contributed by atoms with Crippen LogP contribution in [0.5, 0.6) is 0 Å². The molecule has 1 atom stereocenters. The molecule has 0 unspecified atom stereocenters. The van der Waals surface area contributed by atoms with Crippen molar-refractivity contribution in [2.75, 3.05) is 0 Å². The zero-order chi connectivity index (χ0) is 15.0. The Hall–Kier alpha value is -1.98. The summed E-state index contributed by atoms with van der Waals surface area (Å²) in [4.78, 5) is 11.7. The second-order valence-corrected chi connectivity index (χ2v) is 5.20. The van der Waals surface area contributed by atoms with Gasteiger partial charge >= 0.3 is 0 Å². The summed E-state index contributed by atoms with van der Waals surface area (Å²) in [7, 11) is 0. The highest BCUT2D eigenvalue weighted by molar-refractivity contribution is 6.42. The topological polar surface area (TPSA) is 55.0 Å². The Morgan fingerprint density at radius 2 is 2.10 bits per heavy atom. The average molecular weight is 325 g/mol. The van der Waals surface area contributed by atoms with Crippen LogP contribution in [0.2, 0.25) is 10.0 Å². The molecule has 0 fully saturated rings. The van der Waals surface area contributed by atoms with Crippen molar-refractivity contribution in [2.24, 2.45) is 5.10 Å². The molecule has 108 valence electrons. The highest BCUT2D eigenvalue weighted by atomic mass is 35.5. The first-order chi connectivity index (χ1) is 10.1. The number of rotatable bonds is 2. The van der Waals surface area contributed by atoms with Gasteiger partial charge in [-0.25, -0.2) is 0 Å². The Kier molecular flexibility index (Phi) is 3.61. The van der Waals surface area contributed by atoms with Crippen molar-refractivity contribution in [2.45, 2.75) is 13.2 Å². The Labute approximate surface area is 130 Å². The van der Waals surface area contributed by atoms with E-state index in [2.05, 4.69) is 5.10 Å².